The van der Waals surface area contributed by atoms with Crippen LogP contribution >= 0.6 is 0 Å². The molecule has 3 aliphatic heterocycles. The van der Waals surface area contributed by atoms with Crippen molar-refractivity contribution in [3.8, 4) is 0 Å². The summed E-state index contributed by atoms with van der Waals surface area (Å²) in [7, 11) is 0. The second-order valence-corrected chi connectivity index (χ2v) is 5.72. The topological polar surface area (TPSA) is 88.6 Å². The van der Waals surface area contributed by atoms with E-state index < -0.39 is 23.6 Å². The first-order valence-electron chi connectivity index (χ1n) is 6.84. The third-order valence-electron chi connectivity index (χ3n) is 4.58. The molecule has 21 heavy (non-hydrogen) atoms. The molecule has 3 saturated heterocycles. The lowest BCUT2D eigenvalue weighted by atomic mass is 9.63. The Bertz CT molecular complexity index is 639. The summed E-state index contributed by atoms with van der Waals surface area (Å²) >= 11 is 0. The van der Waals surface area contributed by atoms with Gasteiger partial charge >= 0.3 is 6.09 Å². The molecule has 4 fully saturated rings. The minimum Gasteiger partial charge on any atom is -0.439 e. The van der Waals surface area contributed by atoms with Crippen LogP contribution < -0.4 is 5.32 Å². The first kappa shape index (κ1) is 12.3. The maximum absolute atomic E-state index is 12.1. The molecular weight excluding hydrogens is 274 g/mol. The van der Waals surface area contributed by atoms with E-state index in [1.807, 2.05) is 6.07 Å². The lowest BCUT2D eigenvalue weighted by Crippen LogP contribution is -2.73. The van der Waals surface area contributed by atoms with E-state index >= 15 is 0 Å². The Kier molecular flexibility index (Phi) is 2.36. The van der Waals surface area contributed by atoms with Crippen LogP contribution in [-0.2, 0) is 14.3 Å². The van der Waals surface area contributed by atoms with Crippen LogP contribution in [0, 0.1) is 5.92 Å². The van der Waals surface area contributed by atoms with Crippen LogP contribution in [0.3, 0.4) is 0 Å². The zero-order valence-corrected chi connectivity index (χ0v) is 11.1. The molecule has 1 aliphatic carbocycles. The number of hydrogen-bond donors (Lipinski definition) is 1. The van der Waals surface area contributed by atoms with Crippen LogP contribution in [0.15, 0.2) is 24.5 Å². The average Bonchev–Trinajstić information content (AvgIpc) is 2.81. The number of piperidine rings is 2. The SMILES string of the molecule is O=C1NC(=O)C2(N3CC(c4cccnc4)OC3=O)CC1C2. The van der Waals surface area contributed by atoms with Gasteiger partial charge in [0.2, 0.25) is 5.91 Å². The van der Waals surface area contributed by atoms with Gasteiger partial charge in [-0.1, -0.05) is 6.07 Å². The van der Waals surface area contributed by atoms with Crippen molar-refractivity contribution in [1.82, 2.24) is 15.2 Å². The van der Waals surface area contributed by atoms with E-state index in [9.17, 15) is 14.4 Å². The Morgan fingerprint density at radius 1 is 1.33 bits per heavy atom. The largest absolute Gasteiger partial charge is 0.439 e. The minimum absolute atomic E-state index is 0.173. The molecule has 1 N–H and O–H groups in total. The molecule has 1 atom stereocenters. The maximum Gasteiger partial charge on any atom is 0.411 e. The molecule has 1 saturated carbocycles. The highest BCUT2D eigenvalue weighted by molar-refractivity contribution is 6.08. The van der Waals surface area contributed by atoms with E-state index in [1.54, 1.807) is 18.5 Å². The van der Waals surface area contributed by atoms with Crippen LogP contribution in [0.2, 0.25) is 0 Å². The number of nitrogens with zero attached hydrogens (tertiary/aromatic N) is 2. The van der Waals surface area contributed by atoms with E-state index in [-0.39, 0.29) is 11.8 Å². The van der Waals surface area contributed by atoms with Crippen molar-refractivity contribution in [3.63, 3.8) is 0 Å². The lowest BCUT2D eigenvalue weighted by molar-refractivity contribution is -0.159. The Morgan fingerprint density at radius 2 is 2.14 bits per heavy atom. The monoisotopic (exact) mass is 287 g/mol. The number of aromatic nitrogens is 1. The number of carbonyl (C=O) groups excluding carboxylic acids is 3. The first-order valence-corrected chi connectivity index (χ1v) is 6.84. The summed E-state index contributed by atoms with van der Waals surface area (Å²) < 4.78 is 5.36. The minimum atomic E-state index is -0.910. The van der Waals surface area contributed by atoms with E-state index in [2.05, 4.69) is 10.3 Å². The highest BCUT2D eigenvalue weighted by Gasteiger charge is 2.63. The number of ether oxygens (including phenoxy) is 1. The standard InChI is InChI=1S/C14H13N3O4/c18-11-9-4-14(5-9,12(19)16-11)17-7-10(21-13(17)20)8-2-1-3-15-6-8/h1-3,6,9-10H,4-5,7H2,(H,16,18,19). The number of cyclic esters (lactones) is 1. The van der Waals surface area contributed by atoms with Gasteiger partial charge in [0.05, 0.1) is 6.54 Å². The Labute approximate surface area is 120 Å². The van der Waals surface area contributed by atoms with Crippen molar-refractivity contribution in [3.05, 3.63) is 30.1 Å². The van der Waals surface area contributed by atoms with Crippen LogP contribution in [0.5, 0.6) is 0 Å². The molecule has 1 unspecified atom stereocenters. The second kappa shape index (κ2) is 4.03. The highest BCUT2D eigenvalue weighted by atomic mass is 16.6. The molecule has 1 aromatic rings. The smallest absolute Gasteiger partial charge is 0.411 e. The predicted octanol–water partition coefficient (Wildman–Crippen LogP) is 0.380. The van der Waals surface area contributed by atoms with Gasteiger partial charge in [0.15, 0.2) is 0 Å². The van der Waals surface area contributed by atoms with Crippen molar-refractivity contribution in [1.29, 1.82) is 0 Å². The van der Waals surface area contributed by atoms with Gasteiger partial charge < -0.3 is 4.74 Å². The van der Waals surface area contributed by atoms with E-state index in [0.717, 1.165) is 5.56 Å². The molecule has 108 valence electrons. The summed E-state index contributed by atoms with van der Waals surface area (Å²) in [6.07, 6.45) is 3.15. The van der Waals surface area contributed by atoms with E-state index in [0.29, 0.717) is 19.4 Å². The summed E-state index contributed by atoms with van der Waals surface area (Å²) in [5.74, 6) is -0.801. The van der Waals surface area contributed by atoms with E-state index in [4.69, 9.17) is 4.74 Å². The van der Waals surface area contributed by atoms with Gasteiger partial charge in [-0.25, -0.2) is 4.79 Å². The maximum atomic E-state index is 12.1. The van der Waals surface area contributed by atoms with Gasteiger partial charge in [0, 0.05) is 23.9 Å². The predicted molar refractivity (Wildman–Crippen MR) is 68.8 cm³/mol. The average molecular weight is 287 g/mol. The molecule has 2 bridgehead atoms. The van der Waals surface area contributed by atoms with Gasteiger partial charge in [-0.05, 0) is 18.9 Å². The van der Waals surface area contributed by atoms with Crippen molar-refractivity contribution >= 4 is 17.9 Å². The van der Waals surface area contributed by atoms with Gasteiger partial charge in [-0.3, -0.25) is 24.8 Å². The molecule has 4 aliphatic rings. The molecule has 3 amide bonds. The Morgan fingerprint density at radius 3 is 2.81 bits per heavy atom. The fraction of sp³-hybridized carbons (Fsp3) is 0.429. The lowest BCUT2D eigenvalue weighted by Gasteiger charge is -2.52. The van der Waals surface area contributed by atoms with Crippen LogP contribution in [0.1, 0.15) is 24.5 Å². The number of fused-ring (bicyclic) bond motifs is 2. The number of carbonyl (C=O) groups is 3. The molecule has 5 rings (SSSR count). The zero-order chi connectivity index (χ0) is 14.6. The summed E-state index contributed by atoms with van der Waals surface area (Å²) in [4.78, 5) is 41.2. The number of rotatable bonds is 2. The third kappa shape index (κ3) is 1.60. The Balaban J connectivity index is 1.59. The van der Waals surface area contributed by atoms with Crippen LogP contribution in [-0.4, -0.2) is 39.9 Å². The first-order chi connectivity index (χ1) is 10.1. The van der Waals surface area contributed by atoms with Crippen molar-refractivity contribution in [2.24, 2.45) is 5.92 Å². The number of nitrogens with one attached hydrogen (secondary N) is 1. The molecule has 7 nitrogen and oxygen atoms in total. The number of imide groups is 1. The molecule has 0 radical (unpaired) electrons. The number of amides is 3. The normalized spacial score (nSPS) is 34.3. The van der Waals surface area contributed by atoms with Crippen molar-refractivity contribution < 1.29 is 19.1 Å². The van der Waals surface area contributed by atoms with Crippen LogP contribution in [0.4, 0.5) is 4.79 Å². The van der Waals surface area contributed by atoms with Gasteiger partial charge in [0.25, 0.3) is 5.91 Å². The van der Waals surface area contributed by atoms with Gasteiger partial charge in [-0.2, -0.15) is 0 Å². The summed E-state index contributed by atoms with van der Waals surface area (Å²) in [6.45, 7) is 0.304. The number of hydrogen-bond acceptors (Lipinski definition) is 5. The molecule has 0 aromatic carbocycles. The summed E-state index contributed by atoms with van der Waals surface area (Å²) in [5, 5.41) is 2.33. The van der Waals surface area contributed by atoms with E-state index in [1.165, 1.54) is 4.90 Å². The highest BCUT2D eigenvalue weighted by Crippen LogP contribution is 2.48. The molecule has 0 spiro atoms. The quantitative estimate of drug-likeness (QED) is 0.794. The van der Waals surface area contributed by atoms with Crippen molar-refractivity contribution in [2.45, 2.75) is 24.5 Å². The summed E-state index contributed by atoms with van der Waals surface area (Å²) in [6, 6.07) is 3.61. The summed E-state index contributed by atoms with van der Waals surface area (Å²) in [5.41, 5.74) is -0.111. The second-order valence-electron chi connectivity index (χ2n) is 5.72. The van der Waals surface area contributed by atoms with Crippen LogP contribution in [0.25, 0.3) is 0 Å². The fourth-order valence-corrected chi connectivity index (χ4v) is 3.35. The Hall–Kier alpha value is -2.44. The van der Waals surface area contributed by atoms with Crippen molar-refractivity contribution in [2.75, 3.05) is 6.54 Å². The molecule has 7 heteroatoms. The fourth-order valence-electron chi connectivity index (χ4n) is 3.35. The third-order valence-corrected chi connectivity index (χ3v) is 4.58. The number of pyridine rings is 1. The van der Waals surface area contributed by atoms with Gasteiger partial charge in [0.1, 0.15) is 11.6 Å². The molecular formula is C14H13N3O4. The molecule has 1 aromatic heterocycles. The zero-order valence-electron chi connectivity index (χ0n) is 11.1. The van der Waals surface area contributed by atoms with Gasteiger partial charge in [-0.15, -0.1) is 0 Å². The molecule has 4 heterocycles.